The molecule has 1 aliphatic heterocycles. The van der Waals surface area contributed by atoms with Gasteiger partial charge in [0.05, 0.1) is 36.1 Å². The number of rotatable bonds is 9. The van der Waals surface area contributed by atoms with E-state index >= 15 is 0 Å². The minimum atomic E-state index is -0.172. The van der Waals surface area contributed by atoms with E-state index in [2.05, 4.69) is 39.7 Å². The number of fused-ring (bicyclic) bond motifs is 1. The second-order valence-electron chi connectivity index (χ2n) is 8.46. The molecule has 192 valence electrons. The number of halogens is 1. The number of hydrogen-bond donors (Lipinski definition) is 3. The molecule has 9 heteroatoms. The molecule has 1 aliphatic carbocycles. The number of thiazole rings is 1. The predicted octanol–water partition coefficient (Wildman–Crippen LogP) is 4.85. The zero-order valence-electron chi connectivity index (χ0n) is 21.0. The third-order valence-corrected chi connectivity index (χ3v) is 7.26. The summed E-state index contributed by atoms with van der Waals surface area (Å²) in [5.74, 6) is 1.14. The lowest BCUT2D eigenvalue weighted by atomic mass is 10.1. The van der Waals surface area contributed by atoms with E-state index in [0.717, 1.165) is 58.9 Å². The number of aromatic nitrogens is 1. The molecule has 3 N–H and O–H groups in total. The summed E-state index contributed by atoms with van der Waals surface area (Å²) in [6.45, 7) is 8.61. The van der Waals surface area contributed by atoms with Crippen LogP contribution in [0.5, 0.6) is 0 Å². The minimum absolute atomic E-state index is 0.172. The molecule has 2 heterocycles. The summed E-state index contributed by atoms with van der Waals surface area (Å²) in [5.41, 5.74) is 1.78. The Morgan fingerprint density at radius 3 is 2.83 bits per heavy atom. The van der Waals surface area contributed by atoms with Gasteiger partial charge in [0, 0.05) is 24.8 Å². The molecule has 7 nitrogen and oxygen atoms in total. The summed E-state index contributed by atoms with van der Waals surface area (Å²) in [6, 6.07) is 8.40. The Bertz CT molecular complexity index is 989. The average molecular weight is 520 g/mol. The summed E-state index contributed by atoms with van der Waals surface area (Å²) in [6.07, 6.45) is 5.92. The Balaban J connectivity index is 0.00000167. The fourth-order valence-corrected chi connectivity index (χ4v) is 5.46. The molecule has 0 spiro atoms. The van der Waals surface area contributed by atoms with Gasteiger partial charge in [0.25, 0.3) is 0 Å². The van der Waals surface area contributed by atoms with E-state index in [1.807, 2.05) is 32.0 Å². The second-order valence-corrected chi connectivity index (χ2v) is 9.85. The first kappa shape index (κ1) is 27.7. The van der Waals surface area contributed by atoms with Crippen LogP contribution in [0.4, 0.5) is 0 Å². The van der Waals surface area contributed by atoms with Crippen molar-refractivity contribution in [3.63, 3.8) is 0 Å². The second kappa shape index (κ2) is 14.7. The van der Waals surface area contributed by atoms with Crippen molar-refractivity contribution in [2.45, 2.75) is 58.7 Å². The fraction of sp³-hybridized carbons (Fsp3) is 0.577. The molecule has 2 aromatic rings. The highest BCUT2D eigenvalue weighted by Crippen LogP contribution is 2.30. The van der Waals surface area contributed by atoms with Crippen LogP contribution in [0.1, 0.15) is 51.5 Å². The van der Waals surface area contributed by atoms with Crippen LogP contribution in [0.15, 0.2) is 40.3 Å². The summed E-state index contributed by atoms with van der Waals surface area (Å²) >= 11 is 8.31. The highest BCUT2D eigenvalue weighted by atomic mass is 35.5. The Morgan fingerprint density at radius 1 is 1.26 bits per heavy atom. The summed E-state index contributed by atoms with van der Waals surface area (Å²) in [4.78, 5) is 14.1. The average Bonchev–Trinajstić information content (AvgIpc) is 3.52. The maximum atomic E-state index is 9.54. The van der Waals surface area contributed by atoms with Gasteiger partial charge in [0.15, 0.2) is 0 Å². The van der Waals surface area contributed by atoms with Gasteiger partial charge in [-0.3, -0.25) is 15.3 Å². The van der Waals surface area contributed by atoms with Crippen LogP contribution < -0.4 is 10.6 Å². The molecule has 3 unspecified atom stereocenters. The molecule has 35 heavy (non-hydrogen) atoms. The normalized spacial score (nSPS) is 23.7. The summed E-state index contributed by atoms with van der Waals surface area (Å²) in [5, 5.41) is 18.0. The lowest BCUT2D eigenvalue weighted by Crippen LogP contribution is -2.49. The molecule has 1 aromatic carbocycles. The maximum Gasteiger partial charge on any atom is 0.134 e. The topological polar surface area (TPSA) is 91.1 Å². The number of amidine groups is 1. The van der Waals surface area contributed by atoms with E-state index in [1.54, 1.807) is 11.3 Å². The number of ether oxygens (including phenoxy) is 1. The van der Waals surface area contributed by atoms with Gasteiger partial charge in [0.1, 0.15) is 16.0 Å². The maximum absolute atomic E-state index is 9.54. The van der Waals surface area contributed by atoms with Gasteiger partial charge in [-0.05, 0) is 49.8 Å². The number of aliphatic imine (C=N–C) groups is 2. The number of aliphatic hydroxyl groups excluding tert-OH is 1. The Morgan fingerprint density at radius 2 is 2.09 bits per heavy atom. The van der Waals surface area contributed by atoms with Crippen LogP contribution in [0.2, 0.25) is 0 Å². The Labute approximate surface area is 217 Å². The van der Waals surface area contributed by atoms with E-state index in [1.165, 1.54) is 0 Å². The SMILES string of the molecule is CC.CCCOCCN=C1CN=C(Cl)C(c2nc3ccccc3s2)=CC(NC2CCC(CO)C2)N1. The van der Waals surface area contributed by atoms with Crippen molar-refractivity contribution < 1.29 is 9.84 Å². The molecule has 0 saturated heterocycles. The van der Waals surface area contributed by atoms with E-state index in [9.17, 15) is 5.11 Å². The Kier molecular flexibility index (Phi) is 11.6. The molecule has 0 radical (unpaired) electrons. The lowest BCUT2D eigenvalue weighted by molar-refractivity contribution is 0.142. The van der Waals surface area contributed by atoms with Crippen molar-refractivity contribution in [3.8, 4) is 0 Å². The highest BCUT2D eigenvalue weighted by Gasteiger charge is 2.27. The van der Waals surface area contributed by atoms with Crippen LogP contribution in [0.25, 0.3) is 15.8 Å². The van der Waals surface area contributed by atoms with E-state index < -0.39 is 0 Å². The standard InChI is InChI=1S/C24H32ClN5O2S.C2H6/c1-2-10-32-11-9-26-22-14-27-23(25)18(24-29-19-5-3-4-6-20(19)33-24)13-21(30-22)28-17-8-7-16(12-17)15-31;1-2/h3-6,13,16-17,21,28,31H,2,7-12,14-15H2,1H3,(H,26,30);1-2H3. The first-order valence-electron chi connectivity index (χ1n) is 12.7. The van der Waals surface area contributed by atoms with Gasteiger partial charge in [0.2, 0.25) is 0 Å². The van der Waals surface area contributed by atoms with Gasteiger partial charge < -0.3 is 15.2 Å². The number of nitrogens with zero attached hydrogens (tertiary/aromatic N) is 3. The third kappa shape index (κ3) is 8.08. The largest absolute Gasteiger partial charge is 0.396 e. The first-order chi connectivity index (χ1) is 17.2. The van der Waals surface area contributed by atoms with Crippen molar-refractivity contribution in [2.24, 2.45) is 15.9 Å². The van der Waals surface area contributed by atoms with Crippen LogP contribution in [-0.4, -0.2) is 66.2 Å². The van der Waals surface area contributed by atoms with E-state index in [-0.39, 0.29) is 12.8 Å². The van der Waals surface area contributed by atoms with Crippen molar-refractivity contribution in [3.05, 3.63) is 35.3 Å². The van der Waals surface area contributed by atoms with Crippen LogP contribution in [0, 0.1) is 5.92 Å². The van der Waals surface area contributed by atoms with Crippen molar-refractivity contribution >= 4 is 49.7 Å². The molecule has 2 aliphatic rings. The molecule has 0 amide bonds. The van der Waals surface area contributed by atoms with E-state index in [4.69, 9.17) is 21.3 Å². The van der Waals surface area contributed by atoms with Gasteiger partial charge in [-0.2, -0.15) is 0 Å². The smallest absolute Gasteiger partial charge is 0.134 e. The van der Waals surface area contributed by atoms with Crippen LogP contribution >= 0.6 is 22.9 Å². The fourth-order valence-electron chi connectivity index (χ4n) is 4.20. The lowest BCUT2D eigenvalue weighted by Gasteiger charge is -2.25. The summed E-state index contributed by atoms with van der Waals surface area (Å²) in [7, 11) is 0. The molecular formula is C26H38ClN5O2S. The van der Waals surface area contributed by atoms with Crippen LogP contribution in [-0.2, 0) is 4.74 Å². The Hall–Kier alpha value is -1.84. The van der Waals surface area contributed by atoms with Gasteiger partial charge in [-0.1, -0.05) is 44.5 Å². The zero-order chi connectivity index (χ0) is 25.0. The van der Waals surface area contributed by atoms with Crippen LogP contribution in [0.3, 0.4) is 0 Å². The van der Waals surface area contributed by atoms with Gasteiger partial charge in [-0.25, -0.2) is 4.98 Å². The van der Waals surface area contributed by atoms with Gasteiger partial charge in [-0.15, -0.1) is 11.3 Å². The number of hydrogen-bond acceptors (Lipinski definition) is 7. The van der Waals surface area contributed by atoms with Crippen molar-refractivity contribution in [2.75, 3.05) is 32.9 Å². The zero-order valence-corrected chi connectivity index (χ0v) is 22.5. The molecule has 1 aromatic heterocycles. The van der Waals surface area contributed by atoms with Crippen molar-refractivity contribution in [1.82, 2.24) is 15.6 Å². The van der Waals surface area contributed by atoms with Gasteiger partial charge >= 0.3 is 0 Å². The number of nitrogens with one attached hydrogen (secondary N) is 2. The molecule has 3 atom stereocenters. The number of benzene rings is 1. The number of allylic oxidation sites excluding steroid dienone is 1. The predicted molar refractivity (Wildman–Crippen MR) is 149 cm³/mol. The van der Waals surface area contributed by atoms with E-state index in [0.29, 0.717) is 36.8 Å². The number of para-hydroxylation sites is 1. The van der Waals surface area contributed by atoms with Crippen molar-refractivity contribution in [1.29, 1.82) is 0 Å². The number of aliphatic hydroxyl groups is 1. The summed E-state index contributed by atoms with van der Waals surface area (Å²) < 4.78 is 6.68. The third-order valence-electron chi connectivity index (χ3n) is 5.87. The minimum Gasteiger partial charge on any atom is -0.396 e. The molecular weight excluding hydrogens is 482 g/mol. The molecule has 4 rings (SSSR count). The quantitative estimate of drug-likeness (QED) is 0.412. The molecule has 0 bridgehead atoms. The highest BCUT2D eigenvalue weighted by molar-refractivity contribution is 7.20. The monoisotopic (exact) mass is 519 g/mol. The molecule has 1 saturated carbocycles. The molecule has 1 fully saturated rings. The first-order valence-corrected chi connectivity index (χ1v) is 13.9.